The Kier molecular flexibility index (Phi) is 3.24. The molecular weight excluding hydrogens is 264 g/mol. The number of nitrogens with zero attached hydrogens (tertiary/aromatic N) is 1. The summed E-state index contributed by atoms with van der Waals surface area (Å²) in [5.74, 6) is 0.729. The molecule has 4 nitrogen and oxygen atoms in total. The second-order valence-electron chi connectivity index (χ2n) is 6.88. The first-order valence-electron chi connectivity index (χ1n) is 7.74. The zero-order valence-corrected chi connectivity index (χ0v) is 13.1. The molecule has 0 bridgehead atoms. The summed E-state index contributed by atoms with van der Waals surface area (Å²) in [5, 5.41) is 0. The standard InChI is InChI=1S/C17H24N2O2/c1-16(2)15(20)19(3)13-11-12(7-8-14(13)21-16)17(18)9-5-4-6-10-17/h7-8,11H,4-6,9-10,18H2,1-3H3. The Hall–Kier alpha value is -1.55. The van der Waals surface area contributed by atoms with Crippen molar-refractivity contribution in [1.29, 1.82) is 0 Å². The van der Waals surface area contributed by atoms with Gasteiger partial charge in [-0.1, -0.05) is 25.3 Å². The van der Waals surface area contributed by atoms with E-state index in [9.17, 15) is 4.79 Å². The van der Waals surface area contributed by atoms with Crippen LogP contribution < -0.4 is 15.4 Å². The third-order valence-electron chi connectivity index (χ3n) is 4.83. The number of amides is 1. The number of rotatable bonds is 1. The smallest absolute Gasteiger partial charge is 0.270 e. The van der Waals surface area contributed by atoms with Gasteiger partial charge >= 0.3 is 0 Å². The number of carbonyl (C=O) groups is 1. The van der Waals surface area contributed by atoms with Gasteiger partial charge in [0.15, 0.2) is 5.60 Å². The lowest BCUT2D eigenvalue weighted by Gasteiger charge is -2.39. The van der Waals surface area contributed by atoms with Crippen LogP contribution in [0.4, 0.5) is 5.69 Å². The summed E-state index contributed by atoms with van der Waals surface area (Å²) in [4.78, 5) is 14.0. The number of ether oxygens (including phenoxy) is 1. The minimum atomic E-state index is -0.811. The number of nitrogens with two attached hydrogens (primary N) is 1. The van der Waals surface area contributed by atoms with Crippen molar-refractivity contribution in [2.75, 3.05) is 11.9 Å². The van der Waals surface area contributed by atoms with Crippen molar-refractivity contribution in [3.05, 3.63) is 23.8 Å². The lowest BCUT2D eigenvalue weighted by Crippen LogP contribution is -2.51. The van der Waals surface area contributed by atoms with E-state index < -0.39 is 5.60 Å². The highest BCUT2D eigenvalue weighted by molar-refractivity contribution is 6.02. The maximum absolute atomic E-state index is 12.3. The zero-order valence-electron chi connectivity index (χ0n) is 13.1. The third kappa shape index (κ3) is 2.31. The molecule has 0 aromatic heterocycles. The molecule has 0 saturated heterocycles. The Balaban J connectivity index is 2.00. The van der Waals surface area contributed by atoms with Crippen LogP contribution in [0.25, 0.3) is 0 Å². The Morgan fingerprint density at radius 1 is 1.19 bits per heavy atom. The molecule has 3 rings (SSSR count). The normalized spacial score (nSPS) is 23.4. The summed E-state index contributed by atoms with van der Waals surface area (Å²) in [6.07, 6.45) is 5.63. The summed E-state index contributed by atoms with van der Waals surface area (Å²) in [6.45, 7) is 3.60. The maximum atomic E-state index is 12.3. The van der Waals surface area contributed by atoms with Crippen LogP contribution in [0, 0.1) is 0 Å². The van der Waals surface area contributed by atoms with E-state index in [1.165, 1.54) is 19.3 Å². The van der Waals surface area contributed by atoms with Gasteiger partial charge in [-0.2, -0.15) is 0 Å². The van der Waals surface area contributed by atoms with Crippen LogP contribution in [-0.2, 0) is 10.3 Å². The number of fused-ring (bicyclic) bond motifs is 1. The van der Waals surface area contributed by atoms with Gasteiger partial charge in [0, 0.05) is 12.6 Å². The van der Waals surface area contributed by atoms with E-state index in [4.69, 9.17) is 10.5 Å². The van der Waals surface area contributed by atoms with Crippen molar-refractivity contribution in [1.82, 2.24) is 0 Å². The van der Waals surface area contributed by atoms with Crippen molar-refractivity contribution < 1.29 is 9.53 Å². The largest absolute Gasteiger partial charge is 0.476 e. The Morgan fingerprint density at radius 2 is 1.86 bits per heavy atom. The fourth-order valence-electron chi connectivity index (χ4n) is 3.48. The molecule has 1 aliphatic carbocycles. The van der Waals surface area contributed by atoms with E-state index in [0.29, 0.717) is 0 Å². The van der Waals surface area contributed by atoms with Crippen LogP contribution in [0.5, 0.6) is 5.75 Å². The summed E-state index contributed by atoms with van der Waals surface area (Å²) >= 11 is 0. The van der Waals surface area contributed by atoms with Crippen molar-refractivity contribution in [2.24, 2.45) is 5.73 Å². The van der Waals surface area contributed by atoms with Crippen LogP contribution in [0.3, 0.4) is 0 Å². The molecule has 0 unspecified atom stereocenters. The predicted octanol–water partition coefficient (Wildman–Crippen LogP) is 2.94. The molecule has 1 aliphatic heterocycles. The van der Waals surface area contributed by atoms with Gasteiger partial charge in [0.05, 0.1) is 5.69 Å². The fourth-order valence-corrected chi connectivity index (χ4v) is 3.48. The van der Waals surface area contributed by atoms with Gasteiger partial charge < -0.3 is 15.4 Å². The van der Waals surface area contributed by atoms with Gasteiger partial charge in [-0.3, -0.25) is 4.79 Å². The van der Waals surface area contributed by atoms with E-state index in [1.54, 1.807) is 25.8 Å². The first kappa shape index (κ1) is 14.4. The first-order valence-corrected chi connectivity index (χ1v) is 7.74. The topological polar surface area (TPSA) is 55.6 Å². The Labute approximate surface area is 126 Å². The molecule has 2 N–H and O–H groups in total. The second kappa shape index (κ2) is 4.73. The number of benzene rings is 1. The molecule has 1 heterocycles. The highest BCUT2D eigenvalue weighted by atomic mass is 16.5. The van der Waals surface area contributed by atoms with Gasteiger partial charge in [0.25, 0.3) is 5.91 Å². The molecule has 1 amide bonds. The van der Waals surface area contributed by atoms with Crippen LogP contribution in [-0.4, -0.2) is 18.6 Å². The summed E-state index contributed by atoms with van der Waals surface area (Å²) < 4.78 is 5.85. The Morgan fingerprint density at radius 3 is 2.52 bits per heavy atom. The van der Waals surface area contributed by atoms with Crippen LogP contribution in [0.1, 0.15) is 51.5 Å². The van der Waals surface area contributed by atoms with Gasteiger partial charge in [-0.25, -0.2) is 0 Å². The monoisotopic (exact) mass is 288 g/mol. The van der Waals surface area contributed by atoms with Crippen molar-refractivity contribution in [3.63, 3.8) is 0 Å². The minimum absolute atomic E-state index is 0.0261. The third-order valence-corrected chi connectivity index (χ3v) is 4.83. The lowest BCUT2D eigenvalue weighted by atomic mass is 9.77. The molecule has 1 aromatic carbocycles. The molecule has 1 fully saturated rings. The van der Waals surface area contributed by atoms with Crippen LogP contribution >= 0.6 is 0 Å². The number of likely N-dealkylation sites (N-methyl/N-ethyl adjacent to an activating group) is 1. The number of hydrogen-bond donors (Lipinski definition) is 1. The average molecular weight is 288 g/mol. The van der Waals surface area contributed by atoms with E-state index in [1.807, 2.05) is 12.1 Å². The summed E-state index contributed by atoms with van der Waals surface area (Å²) in [5.41, 5.74) is 7.47. The molecule has 1 aromatic rings. The highest BCUT2D eigenvalue weighted by Gasteiger charge is 2.40. The van der Waals surface area contributed by atoms with E-state index in [0.717, 1.165) is 29.8 Å². The number of carbonyl (C=O) groups excluding carboxylic acids is 1. The SMILES string of the molecule is CN1C(=O)C(C)(C)Oc2ccc(C3(N)CCCCC3)cc21. The van der Waals surface area contributed by atoms with Crippen molar-refractivity contribution in [2.45, 2.75) is 57.1 Å². The molecule has 1 saturated carbocycles. The molecule has 114 valence electrons. The molecule has 0 radical (unpaired) electrons. The van der Waals surface area contributed by atoms with Crippen LogP contribution in [0.2, 0.25) is 0 Å². The van der Waals surface area contributed by atoms with E-state index >= 15 is 0 Å². The average Bonchev–Trinajstić information content (AvgIpc) is 2.45. The maximum Gasteiger partial charge on any atom is 0.270 e. The quantitative estimate of drug-likeness (QED) is 0.864. The lowest BCUT2D eigenvalue weighted by molar-refractivity contribution is -0.132. The van der Waals surface area contributed by atoms with E-state index in [-0.39, 0.29) is 11.4 Å². The molecule has 4 heteroatoms. The summed E-state index contributed by atoms with van der Waals surface area (Å²) in [7, 11) is 1.80. The minimum Gasteiger partial charge on any atom is -0.476 e. The Bertz CT molecular complexity index is 574. The van der Waals surface area contributed by atoms with Gasteiger partial charge in [-0.05, 0) is 44.4 Å². The van der Waals surface area contributed by atoms with Crippen molar-refractivity contribution >= 4 is 11.6 Å². The van der Waals surface area contributed by atoms with E-state index in [2.05, 4.69) is 6.07 Å². The molecule has 0 spiro atoms. The first-order chi connectivity index (χ1) is 9.83. The molecule has 2 aliphatic rings. The highest BCUT2D eigenvalue weighted by Crippen LogP contribution is 2.42. The number of hydrogen-bond acceptors (Lipinski definition) is 3. The van der Waals surface area contributed by atoms with Gasteiger partial charge in [-0.15, -0.1) is 0 Å². The molecule has 0 atom stereocenters. The predicted molar refractivity (Wildman–Crippen MR) is 83.5 cm³/mol. The zero-order chi connectivity index (χ0) is 15.3. The second-order valence-corrected chi connectivity index (χ2v) is 6.88. The molecular formula is C17H24N2O2. The molecule has 21 heavy (non-hydrogen) atoms. The summed E-state index contributed by atoms with van der Waals surface area (Å²) in [6, 6.07) is 6.05. The van der Waals surface area contributed by atoms with Crippen molar-refractivity contribution in [3.8, 4) is 5.75 Å². The van der Waals surface area contributed by atoms with Gasteiger partial charge in [0.2, 0.25) is 0 Å². The van der Waals surface area contributed by atoms with Crippen LogP contribution in [0.15, 0.2) is 18.2 Å². The fraction of sp³-hybridized carbons (Fsp3) is 0.588. The van der Waals surface area contributed by atoms with Gasteiger partial charge in [0.1, 0.15) is 5.75 Å². The number of anilines is 1.